The maximum Gasteiger partial charge on any atom is 0.341 e. The second kappa shape index (κ2) is 8.44. The maximum atomic E-state index is 12.8. The Morgan fingerprint density at radius 3 is 2.31 bits per heavy atom. The molecular weight excluding hydrogens is 394 g/mol. The van der Waals surface area contributed by atoms with Gasteiger partial charge in [-0.2, -0.15) is 4.31 Å². The molecule has 2 heterocycles. The Balaban J connectivity index is 1.73. The molecule has 1 aromatic carbocycles. The van der Waals surface area contributed by atoms with Crippen LogP contribution < -0.4 is 4.90 Å². The van der Waals surface area contributed by atoms with E-state index >= 15 is 0 Å². The van der Waals surface area contributed by atoms with Gasteiger partial charge in [-0.05, 0) is 19.1 Å². The number of carbonyl (C=O) groups is 1. The minimum Gasteiger partial charge on any atom is -0.477 e. The van der Waals surface area contributed by atoms with Gasteiger partial charge in [0.1, 0.15) is 17.2 Å². The molecule has 1 fully saturated rings. The second-order valence-electron chi connectivity index (χ2n) is 7.09. The summed E-state index contributed by atoms with van der Waals surface area (Å²) in [4.78, 5) is 24.1. The van der Waals surface area contributed by atoms with Crippen LogP contribution in [-0.2, 0) is 10.0 Å². The van der Waals surface area contributed by atoms with Crippen molar-refractivity contribution in [3.05, 3.63) is 47.9 Å². The summed E-state index contributed by atoms with van der Waals surface area (Å²) in [6.45, 7) is 3.75. The SMILES string of the molecule is CC(c1ncc(C(=O)O)c(N(C)C)n1)N1CCN(S(=O)(=O)c2ccccc2)CC1. The summed E-state index contributed by atoms with van der Waals surface area (Å²) in [6, 6.07) is 8.25. The average molecular weight is 420 g/mol. The van der Waals surface area contributed by atoms with Crippen LogP contribution in [0.25, 0.3) is 0 Å². The molecule has 1 aliphatic heterocycles. The molecule has 156 valence electrons. The molecule has 0 amide bonds. The Bertz CT molecular complexity index is 973. The minimum absolute atomic E-state index is 0.0460. The van der Waals surface area contributed by atoms with Crippen molar-refractivity contribution in [3.8, 4) is 0 Å². The van der Waals surface area contributed by atoms with Gasteiger partial charge in [-0.25, -0.2) is 23.2 Å². The van der Waals surface area contributed by atoms with Gasteiger partial charge in [0.15, 0.2) is 0 Å². The van der Waals surface area contributed by atoms with E-state index in [2.05, 4.69) is 14.9 Å². The standard InChI is InChI=1S/C19H25N5O4S/c1-14(17-20-13-16(19(25)26)18(21-17)22(2)3)23-9-11-24(12-10-23)29(27,28)15-7-5-4-6-8-15/h4-8,13-14H,9-12H2,1-3H3,(H,25,26). The van der Waals surface area contributed by atoms with Crippen LogP contribution in [0.15, 0.2) is 41.4 Å². The third kappa shape index (κ3) is 4.39. The first-order chi connectivity index (χ1) is 13.7. The molecule has 10 heteroatoms. The molecule has 9 nitrogen and oxygen atoms in total. The van der Waals surface area contributed by atoms with Crippen LogP contribution >= 0.6 is 0 Å². The summed E-state index contributed by atoms with van der Waals surface area (Å²) in [5.74, 6) is -0.217. The third-order valence-electron chi connectivity index (χ3n) is 5.02. The lowest BCUT2D eigenvalue weighted by Gasteiger charge is -2.36. The van der Waals surface area contributed by atoms with Crippen LogP contribution in [0.4, 0.5) is 5.82 Å². The molecule has 3 rings (SSSR count). The summed E-state index contributed by atoms with van der Waals surface area (Å²) < 4.78 is 27.0. The Labute approximate surface area is 170 Å². The highest BCUT2D eigenvalue weighted by molar-refractivity contribution is 7.89. The van der Waals surface area contributed by atoms with Gasteiger partial charge < -0.3 is 10.0 Å². The van der Waals surface area contributed by atoms with Crippen LogP contribution in [-0.4, -0.2) is 78.9 Å². The fraction of sp³-hybridized carbons (Fsp3) is 0.421. The van der Waals surface area contributed by atoms with Crippen molar-refractivity contribution in [2.75, 3.05) is 45.2 Å². The van der Waals surface area contributed by atoms with Gasteiger partial charge in [0, 0.05) is 46.5 Å². The molecule has 1 saturated heterocycles. The fourth-order valence-corrected chi connectivity index (χ4v) is 4.76. The molecule has 1 N–H and O–H groups in total. The number of hydrogen-bond acceptors (Lipinski definition) is 7. The highest BCUT2D eigenvalue weighted by Gasteiger charge is 2.31. The number of sulfonamides is 1. The second-order valence-corrected chi connectivity index (χ2v) is 9.03. The highest BCUT2D eigenvalue weighted by atomic mass is 32.2. The summed E-state index contributed by atoms with van der Waals surface area (Å²) in [7, 11) is -0.0403. The van der Waals surface area contributed by atoms with Crippen molar-refractivity contribution < 1.29 is 18.3 Å². The van der Waals surface area contributed by atoms with Crippen molar-refractivity contribution in [2.45, 2.75) is 17.9 Å². The Morgan fingerprint density at radius 1 is 1.14 bits per heavy atom. The van der Waals surface area contributed by atoms with Gasteiger partial charge >= 0.3 is 5.97 Å². The third-order valence-corrected chi connectivity index (χ3v) is 6.93. The van der Waals surface area contributed by atoms with Crippen molar-refractivity contribution in [1.29, 1.82) is 0 Å². The maximum absolute atomic E-state index is 12.8. The van der Waals surface area contributed by atoms with E-state index in [0.717, 1.165) is 0 Å². The molecule has 0 saturated carbocycles. The van der Waals surface area contributed by atoms with Gasteiger partial charge in [-0.1, -0.05) is 18.2 Å². The zero-order valence-electron chi connectivity index (χ0n) is 16.7. The van der Waals surface area contributed by atoms with E-state index in [1.165, 1.54) is 10.5 Å². The van der Waals surface area contributed by atoms with E-state index in [1.54, 1.807) is 49.3 Å². The van der Waals surface area contributed by atoms with Crippen LogP contribution in [0.3, 0.4) is 0 Å². The fourth-order valence-electron chi connectivity index (χ4n) is 3.32. The largest absolute Gasteiger partial charge is 0.477 e. The molecule has 0 bridgehead atoms. The first-order valence-corrected chi connectivity index (χ1v) is 10.7. The number of benzene rings is 1. The van der Waals surface area contributed by atoms with Crippen LogP contribution in [0.5, 0.6) is 0 Å². The quantitative estimate of drug-likeness (QED) is 0.747. The zero-order chi connectivity index (χ0) is 21.2. The van der Waals surface area contributed by atoms with Gasteiger partial charge in [-0.15, -0.1) is 0 Å². The van der Waals surface area contributed by atoms with Gasteiger partial charge in [0.25, 0.3) is 0 Å². The zero-order valence-corrected chi connectivity index (χ0v) is 17.5. The number of carboxylic acid groups (broad SMARTS) is 1. The molecule has 1 unspecified atom stereocenters. The summed E-state index contributed by atoms with van der Waals surface area (Å²) in [5.41, 5.74) is 0.0460. The Kier molecular flexibility index (Phi) is 6.15. The van der Waals surface area contributed by atoms with E-state index in [9.17, 15) is 18.3 Å². The molecule has 1 aromatic heterocycles. The Morgan fingerprint density at radius 2 is 1.76 bits per heavy atom. The van der Waals surface area contributed by atoms with Gasteiger partial charge in [-0.3, -0.25) is 4.90 Å². The number of anilines is 1. The summed E-state index contributed by atoms with van der Waals surface area (Å²) in [6.07, 6.45) is 1.33. The van der Waals surface area contributed by atoms with E-state index in [1.807, 2.05) is 6.92 Å². The van der Waals surface area contributed by atoms with Crippen molar-refractivity contribution in [2.24, 2.45) is 0 Å². The predicted molar refractivity (Wildman–Crippen MR) is 109 cm³/mol. The molecule has 0 aliphatic carbocycles. The van der Waals surface area contributed by atoms with Crippen molar-refractivity contribution in [1.82, 2.24) is 19.2 Å². The number of hydrogen-bond donors (Lipinski definition) is 1. The van der Waals surface area contributed by atoms with Crippen molar-refractivity contribution in [3.63, 3.8) is 0 Å². The predicted octanol–water partition coefficient (Wildman–Crippen LogP) is 1.31. The van der Waals surface area contributed by atoms with Crippen LogP contribution in [0, 0.1) is 0 Å². The summed E-state index contributed by atoms with van der Waals surface area (Å²) in [5, 5.41) is 9.31. The normalized spacial score (nSPS) is 17.1. The molecule has 29 heavy (non-hydrogen) atoms. The lowest BCUT2D eigenvalue weighted by molar-refractivity contribution is 0.0696. The van der Waals surface area contributed by atoms with E-state index in [4.69, 9.17) is 0 Å². The number of aromatic carboxylic acids is 1. The van der Waals surface area contributed by atoms with E-state index in [-0.39, 0.29) is 11.6 Å². The lowest BCUT2D eigenvalue weighted by atomic mass is 10.2. The smallest absolute Gasteiger partial charge is 0.341 e. The topological polar surface area (TPSA) is 107 Å². The summed E-state index contributed by atoms with van der Waals surface area (Å²) >= 11 is 0. The molecule has 1 atom stereocenters. The van der Waals surface area contributed by atoms with E-state index < -0.39 is 16.0 Å². The van der Waals surface area contributed by atoms with E-state index in [0.29, 0.717) is 42.7 Å². The molecule has 1 aliphatic rings. The monoisotopic (exact) mass is 419 g/mol. The highest BCUT2D eigenvalue weighted by Crippen LogP contribution is 2.24. The number of piperazine rings is 1. The molecule has 2 aromatic rings. The average Bonchev–Trinajstić information content (AvgIpc) is 2.73. The first-order valence-electron chi connectivity index (χ1n) is 9.28. The van der Waals surface area contributed by atoms with Crippen LogP contribution in [0.1, 0.15) is 29.1 Å². The first kappa shape index (κ1) is 21.2. The molecule has 0 radical (unpaired) electrons. The van der Waals surface area contributed by atoms with Crippen molar-refractivity contribution >= 4 is 21.8 Å². The number of rotatable bonds is 6. The van der Waals surface area contributed by atoms with Gasteiger partial charge in [0.2, 0.25) is 10.0 Å². The number of nitrogens with zero attached hydrogens (tertiary/aromatic N) is 5. The Hall–Kier alpha value is -2.56. The van der Waals surface area contributed by atoms with Gasteiger partial charge in [0.05, 0.1) is 10.9 Å². The van der Waals surface area contributed by atoms with Crippen LogP contribution in [0.2, 0.25) is 0 Å². The molecule has 0 spiro atoms. The lowest BCUT2D eigenvalue weighted by Crippen LogP contribution is -2.49. The number of carboxylic acids is 1. The number of aromatic nitrogens is 2. The minimum atomic E-state index is -3.51. The molecular formula is C19H25N5O4S.